The van der Waals surface area contributed by atoms with Gasteiger partial charge in [0.1, 0.15) is 0 Å². The standard InChI is InChI=1S/C8H20N4.C2H2O4.ClHO4.Co/c1-2-10-5-6-12-8-7-11-4-3-9-1;3-1(4)2(5)6;2-1(3,4)5;/h9-12H,1-8H2;(H,3,4)(H,5,6);(H,2,3,4,5);/q;;;+3/p-3. The summed E-state index contributed by atoms with van der Waals surface area (Å²) < 4.78 is 34.0. The van der Waals surface area contributed by atoms with Crippen molar-refractivity contribution in [1.82, 2.24) is 21.3 Å². The third-order valence-electron chi connectivity index (χ3n) is 2.08. The van der Waals surface area contributed by atoms with E-state index in [4.69, 9.17) is 38.4 Å². The van der Waals surface area contributed by atoms with E-state index in [1.54, 1.807) is 0 Å². The second-order valence-electron chi connectivity index (χ2n) is 3.95. The van der Waals surface area contributed by atoms with Crippen molar-refractivity contribution in [3.8, 4) is 0 Å². The van der Waals surface area contributed by atoms with Crippen LogP contribution >= 0.6 is 0 Å². The summed E-state index contributed by atoms with van der Waals surface area (Å²) in [7, 11) is -4.94. The molecule has 0 atom stereocenters. The van der Waals surface area contributed by atoms with E-state index in [-0.39, 0.29) is 16.8 Å². The van der Waals surface area contributed by atoms with Gasteiger partial charge in [0.2, 0.25) is 0 Å². The van der Waals surface area contributed by atoms with Crippen LogP contribution in [0.15, 0.2) is 0 Å². The van der Waals surface area contributed by atoms with E-state index in [0.29, 0.717) is 0 Å². The fraction of sp³-hybridized carbons (Fsp3) is 0.800. The van der Waals surface area contributed by atoms with Gasteiger partial charge in [-0.2, -0.15) is 0 Å². The second kappa shape index (κ2) is 18.8. The molecule has 0 aromatic carbocycles. The summed E-state index contributed by atoms with van der Waals surface area (Å²) in [4.78, 5) is 17.9. The van der Waals surface area contributed by atoms with E-state index < -0.39 is 22.2 Å². The van der Waals surface area contributed by atoms with E-state index in [1.807, 2.05) is 0 Å². The van der Waals surface area contributed by atoms with Gasteiger partial charge in [0.15, 0.2) is 0 Å². The number of carboxylic acid groups (broad SMARTS) is 2. The summed E-state index contributed by atoms with van der Waals surface area (Å²) in [6.07, 6.45) is 0. The molecule has 1 rings (SSSR count). The molecule has 12 nitrogen and oxygen atoms in total. The largest absolute Gasteiger partial charge is 3.00 e. The molecule has 14 heteroatoms. The van der Waals surface area contributed by atoms with Crippen molar-refractivity contribution in [2.45, 2.75) is 0 Å². The van der Waals surface area contributed by atoms with Crippen molar-refractivity contribution >= 4 is 11.9 Å². The van der Waals surface area contributed by atoms with Gasteiger partial charge in [-0.25, -0.2) is 18.6 Å². The van der Waals surface area contributed by atoms with Crippen molar-refractivity contribution in [2.75, 3.05) is 52.4 Å². The first-order chi connectivity index (χ1) is 10.6. The van der Waals surface area contributed by atoms with Crippen LogP contribution in [0.1, 0.15) is 0 Å². The SMILES string of the molecule is C1CNCCNCCNCCN1.O=C([O-])C(=O)[O-].[Co+3].[O-][Cl+3]([O-])([O-])[O-]. The van der Waals surface area contributed by atoms with Crippen molar-refractivity contribution in [2.24, 2.45) is 0 Å². The Kier molecular flexibility index (Phi) is 22.1. The fourth-order valence-corrected chi connectivity index (χ4v) is 1.21. The first kappa shape index (κ1) is 28.2. The molecule has 1 fully saturated rings. The molecule has 24 heavy (non-hydrogen) atoms. The summed E-state index contributed by atoms with van der Waals surface area (Å²) in [6, 6.07) is 0. The maximum atomic E-state index is 8.93. The zero-order valence-electron chi connectivity index (χ0n) is 12.6. The number of hydrogen-bond donors (Lipinski definition) is 4. The van der Waals surface area contributed by atoms with Gasteiger partial charge in [-0.1, -0.05) is 0 Å². The molecular formula is C10H20ClCoN4O8. The van der Waals surface area contributed by atoms with Gasteiger partial charge >= 0.3 is 16.8 Å². The molecule has 0 aromatic heterocycles. The van der Waals surface area contributed by atoms with Crippen LogP contribution in [-0.2, 0) is 26.4 Å². The van der Waals surface area contributed by atoms with Gasteiger partial charge in [0.05, 0.1) is 11.9 Å². The number of rotatable bonds is 0. The number of carbonyl (C=O) groups excluding carboxylic acids is 2. The van der Waals surface area contributed by atoms with Crippen molar-refractivity contribution in [3.63, 3.8) is 0 Å². The molecule has 1 aliphatic rings. The smallest absolute Gasteiger partial charge is 0.543 e. The van der Waals surface area contributed by atoms with Crippen molar-refractivity contribution < 1.29 is 65.5 Å². The van der Waals surface area contributed by atoms with E-state index in [2.05, 4.69) is 21.3 Å². The minimum Gasteiger partial charge on any atom is -0.543 e. The number of carboxylic acids is 2. The maximum Gasteiger partial charge on any atom is 3.00 e. The average molecular weight is 419 g/mol. The number of halogens is 1. The summed E-state index contributed by atoms with van der Waals surface area (Å²) in [6.45, 7) is 8.57. The predicted molar refractivity (Wildman–Crippen MR) is 61.5 cm³/mol. The summed E-state index contributed by atoms with van der Waals surface area (Å²) in [5.74, 6) is -4.37. The van der Waals surface area contributed by atoms with E-state index in [0.717, 1.165) is 52.4 Å². The minimum absolute atomic E-state index is 0. The summed E-state index contributed by atoms with van der Waals surface area (Å²) >= 11 is 0. The van der Waals surface area contributed by atoms with Gasteiger partial charge in [-0.3, -0.25) is 0 Å². The van der Waals surface area contributed by atoms with E-state index in [1.165, 1.54) is 0 Å². The number of aliphatic carboxylic acids is 2. The molecule has 1 heterocycles. The Labute approximate surface area is 151 Å². The number of hydrogen-bond acceptors (Lipinski definition) is 12. The van der Waals surface area contributed by atoms with Crippen LogP contribution in [0.3, 0.4) is 0 Å². The molecule has 0 unspecified atom stereocenters. The fourth-order valence-electron chi connectivity index (χ4n) is 1.21. The molecule has 1 aliphatic heterocycles. The van der Waals surface area contributed by atoms with Crippen LogP contribution in [0, 0.1) is 10.2 Å². The average Bonchev–Trinajstić information content (AvgIpc) is 2.38. The van der Waals surface area contributed by atoms with Crippen LogP contribution in [-0.4, -0.2) is 64.3 Å². The molecular weight excluding hydrogens is 399 g/mol. The Balaban J connectivity index is -0.000000313. The first-order valence-corrected chi connectivity index (χ1v) is 7.75. The van der Waals surface area contributed by atoms with E-state index >= 15 is 0 Å². The van der Waals surface area contributed by atoms with E-state index in [9.17, 15) is 0 Å². The Morgan fingerprint density at radius 1 is 0.583 bits per heavy atom. The monoisotopic (exact) mass is 418 g/mol. The van der Waals surface area contributed by atoms with Gasteiger partial charge in [-0.15, -0.1) is 10.2 Å². The van der Waals surface area contributed by atoms with Crippen molar-refractivity contribution in [3.05, 3.63) is 0 Å². The van der Waals surface area contributed by atoms with Crippen LogP contribution < -0.4 is 50.1 Å². The maximum absolute atomic E-state index is 8.93. The Hall–Kier alpha value is -0.584. The van der Waals surface area contributed by atoms with Crippen LogP contribution in [0.4, 0.5) is 0 Å². The summed E-state index contributed by atoms with van der Waals surface area (Å²) in [5.41, 5.74) is 0. The Bertz CT molecular complexity index is 261. The predicted octanol–water partition coefficient (Wildman–Crippen LogP) is -9.91. The molecule has 0 saturated carbocycles. The molecule has 1 saturated heterocycles. The molecule has 0 aromatic rings. The third kappa shape index (κ3) is 37.6. The minimum atomic E-state index is -4.94. The first-order valence-electron chi connectivity index (χ1n) is 6.51. The second-order valence-corrected chi connectivity index (χ2v) is 4.71. The van der Waals surface area contributed by atoms with Gasteiger partial charge in [0.25, 0.3) is 0 Å². The van der Waals surface area contributed by atoms with Crippen LogP contribution in [0.2, 0.25) is 0 Å². The molecule has 0 bridgehead atoms. The molecule has 0 radical (unpaired) electrons. The van der Waals surface area contributed by atoms with Gasteiger partial charge in [0, 0.05) is 52.4 Å². The number of nitrogens with one attached hydrogen (secondary N) is 4. The normalized spacial score (nSPS) is 16.3. The molecule has 4 N–H and O–H groups in total. The zero-order chi connectivity index (χ0) is 18.1. The summed E-state index contributed by atoms with van der Waals surface area (Å²) in [5, 5.41) is 31.3. The Morgan fingerprint density at radius 3 is 0.792 bits per heavy atom. The van der Waals surface area contributed by atoms with Crippen LogP contribution in [0.25, 0.3) is 0 Å². The van der Waals surface area contributed by atoms with Crippen molar-refractivity contribution in [1.29, 1.82) is 0 Å². The zero-order valence-corrected chi connectivity index (χ0v) is 14.4. The third-order valence-corrected chi connectivity index (χ3v) is 2.08. The molecule has 0 aliphatic carbocycles. The molecule has 0 amide bonds. The van der Waals surface area contributed by atoms with Crippen LogP contribution in [0.5, 0.6) is 0 Å². The number of carbonyl (C=O) groups is 2. The van der Waals surface area contributed by atoms with Gasteiger partial charge < -0.3 is 41.1 Å². The molecule has 144 valence electrons. The quantitative estimate of drug-likeness (QED) is 0.269. The Morgan fingerprint density at radius 2 is 0.708 bits per heavy atom. The van der Waals surface area contributed by atoms with Gasteiger partial charge in [-0.05, 0) is 0 Å². The molecule has 0 spiro atoms. The topological polar surface area (TPSA) is 221 Å².